The fraction of sp³-hybridized carbons (Fsp3) is 0.615. The lowest BCUT2D eigenvalue weighted by molar-refractivity contribution is -0.137. The molecule has 1 aromatic heterocycles. The van der Waals surface area contributed by atoms with Crippen LogP contribution in [0.15, 0.2) is 12.4 Å². The van der Waals surface area contributed by atoms with Crippen LogP contribution < -0.4 is 10.6 Å². The van der Waals surface area contributed by atoms with Crippen LogP contribution in [-0.4, -0.2) is 33.4 Å². The molecule has 0 aromatic carbocycles. The number of carbonyl (C=O) groups is 2. The molecule has 0 spiro atoms. The molecule has 7 heteroatoms. The van der Waals surface area contributed by atoms with Crippen molar-refractivity contribution in [2.75, 3.05) is 11.9 Å². The summed E-state index contributed by atoms with van der Waals surface area (Å²) in [5, 5.41) is 18.1. The Morgan fingerprint density at radius 2 is 2.20 bits per heavy atom. The topological polar surface area (TPSA) is 96.2 Å². The Labute approximate surface area is 116 Å². The number of nitrogens with zero attached hydrogens (tertiary/aromatic N) is 2. The molecule has 2 aliphatic carbocycles. The average molecular weight is 278 g/mol. The molecule has 0 aliphatic heterocycles. The summed E-state index contributed by atoms with van der Waals surface area (Å²) in [6.07, 6.45) is 7.97. The maximum Gasteiger partial charge on any atom is 0.325 e. The Bertz CT molecular complexity index is 531. The highest BCUT2D eigenvalue weighted by Crippen LogP contribution is 2.60. The maximum absolute atomic E-state index is 11.8. The molecule has 3 N–H and O–H groups in total. The number of amides is 2. The standard InChI is InChI=1S/C13H18N4O3/c18-11(19)7-17-6-10(5-15-17)16-12(20)14-8-13(3-4-13)9-1-2-9/h5-6,9H,1-4,7-8H2,(H,18,19)(H2,14,16,20). The number of hydrogen-bond donors (Lipinski definition) is 3. The minimum Gasteiger partial charge on any atom is -0.480 e. The molecular weight excluding hydrogens is 260 g/mol. The third-order valence-electron chi connectivity index (χ3n) is 4.12. The summed E-state index contributed by atoms with van der Waals surface area (Å²) in [5.41, 5.74) is 0.866. The second-order valence-electron chi connectivity index (χ2n) is 5.76. The van der Waals surface area contributed by atoms with Crippen LogP contribution in [0.3, 0.4) is 0 Å². The monoisotopic (exact) mass is 278 g/mol. The van der Waals surface area contributed by atoms with Crippen LogP contribution in [0.5, 0.6) is 0 Å². The molecule has 2 amide bonds. The van der Waals surface area contributed by atoms with Gasteiger partial charge in [-0.3, -0.25) is 9.48 Å². The van der Waals surface area contributed by atoms with Gasteiger partial charge < -0.3 is 15.7 Å². The number of anilines is 1. The predicted molar refractivity (Wildman–Crippen MR) is 71.3 cm³/mol. The van der Waals surface area contributed by atoms with E-state index in [0.717, 1.165) is 12.5 Å². The number of carboxylic acids is 1. The molecule has 1 heterocycles. The van der Waals surface area contributed by atoms with E-state index in [0.29, 0.717) is 11.1 Å². The van der Waals surface area contributed by atoms with Crippen molar-refractivity contribution in [2.24, 2.45) is 11.3 Å². The van der Waals surface area contributed by atoms with Crippen molar-refractivity contribution < 1.29 is 14.7 Å². The van der Waals surface area contributed by atoms with E-state index in [1.54, 1.807) is 0 Å². The summed E-state index contributed by atoms with van der Waals surface area (Å²) >= 11 is 0. The SMILES string of the molecule is O=C(O)Cn1cc(NC(=O)NCC2(C3CC3)CC2)cn1. The van der Waals surface area contributed by atoms with Crippen molar-refractivity contribution in [3.8, 4) is 0 Å². The molecule has 3 rings (SSSR count). The Kier molecular flexibility index (Phi) is 3.11. The smallest absolute Gasteiger partial charge is 0.325 e. The van der Waals surface area contributed by atoms with E-state index in [-0.39, 0.29) is 12.6 Å². The molecule has 2 aliphatic rings. The highest BCUT2D eigenvalue weighted by Gasteiger charge is 2.53. The minimum absolute atomic E-state index is 0.214. The summed E-state index contributed by atoms with van der Waals surface area (Å²) in [6.45, 7) is 0.515. The summed E-state index contributed by atoms with van der Waals surface area (Å²) < 4.78 is 1.27. The van der Waals surface area contributed by atoms with Crippen LogP contribution in [0.2, 0.25) is 0 Å². The molecule has 108 valence electrons. The lowest BCUT2D eigenvalue weighted by Gasteiger charge is -2.14. The van der Waals surface area contributed by atoms with Gasteiger partial charge in [-0.25, -0.2) is 4.79 Å². The first-order valence-electron chi connectivity index (χ1n) is 6.86. The zero-order valence-electron chi connectivity index (χ0n) is 11.1. The van der Waals surface area contributed by atoms with Crippen molar-refractivity contribution in [1.82, 2.24) is 15.1 Å². The van der Waals surface area contributed by atoms with Crippen molar-refractivity contribution >= 4 is 17.7 Å². The zero-order valence-corrected chi connectivity index (χ0v) is 11.1. The van der Waals surface area contributed by atoms with Crippen molar-refractivity contribution in [2.45, 2.75) is 32.2 Å². The van der Waals surface area contributed by atoms with Crippen LogP contribution in [0.4, 0.5) is 10.5 Å². The first-order chi connectivity index (χ1) is 9.57. The Balaban J connectivity index is 1.46. The van der Waals surface area contributed by atoms with Gasteiger partial charge in [-0.15, -0.1) is 0 Å². The van der Waals surface area contributed by atoms with Crippen molar-refractivity contribution in [3.63, 3.8) is 0 Å². The fourth-order valence-electron chi connectivity index (χ4n) is 2.67. The van der Waals surface area contributed by atoms with Crippen LogP contribution in [0.1, 0.15) is 25.7 Å². The van der Waals surface area contributed by atoms with E-state index >= 15 is 0 Å². The highest BCUT2D eigenvalue weighted by molar-refractivity contribution is 5.88. The molecule has 0 unspecified atom stereocenters. The molecule has 2 fully saturated rings. The average Bonchev–Trinajstić information content (AvgIpc) is 3.27. The summed E-state index contributed by atoms with van der Waals surface area (Å²) in [4.78, 5) is 22.3. The number of carbonyl (C=O) groups excluding carboxylic acids is 1. The largest absolute Gasteiger partial charge is 0.480 e. The third-order valence-corrected chi connectivity index (χ3v) is 4.12. The Hall–Kier alpha value is -2.05. The van der Waals surface area contributed by atoms with Gasteiger partial charge in [-0.2, -0.15) is 5.10 Å². The number of rotatable bonds is 6. The predicted octanol–water partition coefficient (Wildman–Crippen LogP) is 1.28. The van der Waals surface area contributed by atoms with E-state index in [1.807, 2.05) is 0 Å². The van der Waals surface area contributed by atoms with Gasteiger partial charge in [0.05, 0.1) is 11.9 Å². The van der Waals surface area contributed by atoms with Crippen LogP contribution in [0, 0.1) is 11.3 Å². The quantitative estimate of drug-likeness (QED) is 0.730. The van der Waals surface area contributed by atoms with E-state index in [4.69, 9.17) is 5.11 Å². The van der Waals surface area contributed by atoms with Crippen LogP contribution >= 0.6 is 0 Å². The van der Waals surface area contributed by atoms with Gasteiger partial charge in [0.1, 0.15) is 6.54 Å². The summed E-state index contributed by atoms with van der Waals surface area (Å²) in [6, 6.07) is -0.258. The van der Waals surface area contributed by atoms with Crippen LogP contribution in [0.25, 0.3) is 0 Å². The first kappa shape index (κ1) is 13.0. The number of aromatic nitrogens is 2. The lowest BCUT2D eigenvalue weighted by atomic mass is 10.0. The second-order valence-corrected chi connectivity index (χ2v) is 5.76. The first-order valence-corrected chi connectivity index (χ1v) is 6.86. The number of urea groups is 1. The fourth-order valence-corrected chi connectivity index (χ4v) is 2.67. The molecule has 0 atom stereocenters. The van der Waals surface area contributed by atoms with Crippen LogP contribution in [-0.2, 0) is 11.3 Å². The van der Waals surface area contributed by atoms with E-state index in [2.05, 4.69) is 15.7 Å². The Morgan fingerprint density at radius 3 is 2.80 bits per heavy atom. The number of aliphatic carboxylic acids is 1. The second kappa shape index (κ2) is 4.81. The molecule has 20 heavy (non-hydrogen) atoms. The van der Waals surface area contributed by atoms with Gasteiger partial charge in [0, 0.05) is 12.7 Å². The maximum atomic E-state index is 11.8. The lowest BCUT2D eigenvalue weighted by Crippen LogP contribution is -2.34. The summed E-state index contributed by atoms with van der Waals surface area (Å²) in [7, 11) is 0. The van der Waals surface area contributed by atoms with Gasteiger partial charge >= 0.3 is 12.0 Å². The number of nitrogens with one attached hydrogen (secondary N) is 2. The minimum atomic E-state index is -0.968. The van der Waals surface area contributed by atoms with Crippen molar-refractivity contribution in [1.29, 1.82) is 0 Å². The molecular formula is C13H18N4O3. The van der Waals surface area contributed by atoms with Gasteiger partial charge in [-0.05, 0) is 37.0 Å². The third kappa shape index (κ3) is 2.92. The van der Waals surface area contributed by atoms with Gasteiger partial charge in [0.2, 0.25) is 0 Å². The molecule has 0 radical (unpaired) electrons. The van der Waals surface area contributed by atoms with Crippen molar-refractivity contribution in [3.05, 3.63) is 12.4 Å². The van der Waals surface area contributed by atoms with E-state index in [1.165, 1.54) is 42.8 Å². The normalized spacial score (nSPS) is 19.4. The molecule has 1 aromatic rings. The molecule has 0 bridgehead atoms. The highest BCUT2D eigenvalue weighted by atomic mass is 16.4. The van der Waals surface area contributed by atoms with Gasteiger partial charge in [0.25, 0.3) is 0 Å². The number of hydrogen-bond acceptors (Lipinski definition) is 3. The van der Waals surface area contributed by atoms with Gasteiger partial charge in [-0.1, -0.05) is 0 Å². The molecule has 2 saturated carbocycles. The zero-order chi connectivity index (χ0) is 14.2. The van der Waals surface area contributed by atoms with E-state index in [9.17, 15) is 9.59 Å². The molecule has 7 nitrogen and oxygen atoms in total. The Morgan fingerprint density at radius 1 is 1.45 bits per heavy atom. The van der Waals surface area contributed by atoms with Gasteiger partial charge in [0.15, 0.2) is 0 Å². The molecule has 0 saturated heterocycles. The number of carboxylic acid groups (broad SMARTS) is 1. The summed E-state index contributed by atoms with van der Waals surface area (Å²) in [5.74, 6) is -0.162. The van der Waals surface area contributed by atoms with E-state index < -0.39 is 5.97 Å².